The summed E-state index contributed by atoms with van der Waals surface area (Å²) in [4.78, 5) is 24.3. The van der Waals surface area contributed by atoms with Gasteiger partial charge in [-0.1, -0.05) is 26.0 Å². The van der Waals surface area contributed by atoms with E-state index in [0.29, 0.717) is 36.4 Å². The minimum absolute atomic E-state index is 0.00848. The number of hydrogen-bond acceptors (Lipinski definition) is 3. The number of Topliss-reactive ketones (excluding diaryl/α,β-unsaturated/α-hetero) is 1. The fourth-order valence-corrected chi connectivity index (χ4v) is 8.02. The molecule has 0 heterocycles. The fraction of sp³-hybridized carbons (Fsp3) is 0.833. The number of fused-ring (bicyclic) bond motifs is 5. The van der Waals surface area contributed by atoms with Gasteiger partial charge in [-0.05, 0) is 80.0 Å². The topological polar surface area (TPSA) is 74.6 Å². The van der Waals surface area contributed by atoms with Crippen LogP contribution in [0.25, 0.3) is 0 Å². The summed E-state index contributed by atoms with van der Waals surface area (Å²) < 4.78 is 0. The van der Waals surface area contributed by atoms with E-state index in [-0.39, 0.29) is 29.1 Å². The van der Waals surface area contributed by atoms with Crippen molar-refractivity contribution in [1.29, 1.82) is 0 Å². The van der Waals surface area contributed by atoms with Gasteiger partial charge >= 0.3 is 5.97 Å². The molecule has 28 heavy (non-hydrogen) atoms. The molecule has 8 unspecified atom stereocenters. The number of carbonyl (C=O) groups excluding carboxylic acids is 1. The van der Waals surface area contributed by atoms with Gasteiger partial charge in [0.25, 0.3) is 0 Å². The summed E-state index contributed by atoms with van der Waals surface area (Å²) in [6.45, 7) is 8.79. The summed E-state index contributed by atoms with van der Waals surface area (Å²) in [6.07, 6.45) is 7.96. The summed E-state index contributed by atoms with van der Waals surface area (Å²) in [5.41, 5.74) is 1.28. The van der Waals surface area contributed by atoms with Crippen LogP contribution >= 0.6 is 0 Å². The van der Waals surface area contributed by atoms with E-state index in [2.05, 4.69) is 20.4 Å². The minimum Gasteiger partial charge on any atom is -0.481 e. The van der Waals surface area contributed by atoms with Gasteiger partial charge in [0.1, 0.15) is 5.78 Å². The van der Waals surface area contributed by atoms with Crippen LogP contribution in [0.2, 0.25) is 0 Å². The van der Waals surface area contributed by atoms with Gasteiger partial charge in [0.05, 0.1) is 6.10 Å². The van der Waals surface area contributed by atoms with Crippen molar-refractivity contribution in [3.8, 4) is 0 Å². The lowest BCUT2D eigenvalue weighted by Crippen LogP contribution is -2.61. The van der Waals surface area contributed by atoms with E-state index in [1.807, 2.05) is 0 Å². The predicted octanol–water partition coefficient (Wildman–Crippen LogP) is 4.61. The highest BCUT2D eigenvalue weighted by molar-refractivity contribution is 5.83. The Morgan fingerprint density at radius 3 is 2.68 bits per heavy atom. The number of aliphatic hydroxyl groups is 1. The lowest BCUT2D eigenvalue weighted by atomic mass is 9.43. The van der Waals surface area contributed by atoms with Crippen LogP contribution in [0.4, 0.5) is 0 Å². The Bertz CT molecular complexity index is 684. The van der Waals surface area contributed by atoms with Crippen molar-refractivity contribution in [3.63, 3.8) is 0 Å². The molecule has 4 rings (SSSR count). The first-order chi connectivity index (χ1) is 13.2. The predicted molar refractivity (Wildman–Crippen MR) is 108 cm³/mol. The Hall–Kier alpha value is -1.16. The molecule has 4 fully saturated rings. The minimum atomic E-state index is -0.733. The summed E-state index contributed by atoms with van der Waals surface area (Å²) >= 11 is 0. The van der Waals surface area contributed by atoms with Gasteiger partial charge in [-0.25, -0.2) is 0 Å². The molecule has 8 atom stereocenters. The van der Waals surface area contributed by atoms with E-state index < -0.39 is 12.1 Å². The first kappa shape index (κ1) is 20.1. The molecule has 0 aliphatic heterocycles. The normalized spacial score (nSPS) is 48.0. The summed E-state index contributed by atoms with van der Waals surface area (Å²) in [5.74, 6) is 0.845. The number of rotatable bonds is 4. The number of allylic oxidation sites excluding steroid dienone is 1. The van der Waals surface area contributed by atoms with Gasteiger partial charge in [-0.3, -0.25) is 9.59 Å². The molecule has 4 aliphatic rings. The van der Waals surface area contributed by atoms with Crippen LogP contribution < -0.4 is 0 Å². The van der Waals surface area contributed by atoms with Crippen molar-refractivity contribution in [3.05, 3.63) is 12.2 Å². The molecule has 4 saturated carbocycles. The highest BCUT2D eigenvalue weighted by Gasteiger charge is 2.64. The highest BCUT2D eigenvalue weighted by atomic mass is 16.4. The number of hydrogen-bond donors (Lipinski definition) is 2. The molecule has 4 nitrogen and oxygen atoms in total. The van der Waals surface area contributed by atoms with Gasteiger partial charge in [-0.2, -0.15) is 0 Å². The zero-order chi connectivity index (χ0) is 20.3. The van der Waals surface area contributed by atoms with Gasteiger partial charge < -0.3 is 10.2 Å². The molecule has 0 bridgehead atoms. The van der Waals surface area contributed by atoms with Crippen molar-refractivity contribution in [2.75, 3.05) is 0 Å². The van der Waals surface area contributed by atoms with Crippen LogP contribution in [-0.2, 0) is 9.59 Å². The number of carbonyl (C=O) groups is 2. The maximum atomic E-state index is 13.4. The quantitative estimate of drug-likeness (QED) is 0.690. The average Bonchev–Trinajstić information content (AvgIpc) is 2.92. The summed E-state index contributed by atoms with van der Waals surface area (Å²) in [6, 6.07) is 0. The van der Waals surface area contributed by atoms with Gasteiger partial charge in [-0.15, -0.1) is 0 Å². The van der Waals surface area contributed by atoms with Crippen LogP contribution in [0.3, 0.4) is 0 Å². The van der Waals surface area contributed by atoms with Crippen molar-refractivity contribution in [1.82, 2.24) is 0 Å². The second-order valence-electron chi connectivity index (χ2n) is 10.8. The van der Waals surface area contributed by atoms with E-state index in [1.165, 1.54) is 5.57 Å². The van der Waals surface area contributed by atoms with E-state index in [1.54, 1.807) is 0 Å². The molecule has 0 aromatic carbocycles. The molecule has 0 aromatic rings. The lowest BCUT2D eigenvalue weighted by molar-refractivity contribution is -0.177. The third-order valence-corrected chi connectivity index (χ3v) is 9.50. The average molecular weight is 389 g/mol. The van der Waals surface area contributed by atoms with Crippen LogP contribution in [0, 0.1) is 40.4 Å². The second kappa shape index (κ2) is 6.97. The van der Waals surface area contributed by atoms with Crippen LogP contribution in [0.5, 0.6) is 0 Å². The van der Waals surface area contributed by atoms with Crippen LogP contribution in [0.1, 0.15) is 78.1 Å². The van der Waals surface area contributed by atoms with Crippen molar-refractivity contribution >= 4 is 11.8 Å². The maximum absolute atomic E-state index is 13.4. The Morgan fingerprint density at radius 2 is 1.96 bits per heavy atom. The summed E-state index contributed by atoms with van der Waals surface area (Å²) in [5, 5.41) is 20.3. The standard InChI is InChI=1S/C24H36O4/c1-14-9-10-23(2)16(11-14)12-18(25)21-17-8-7-15(5-4-6-20(27)28)24(17,3)13-19(26)22(21)23/h15-17,19,21-22,26H,1,4-13H2,2-3H3,(H,27,28). The Kier molecular flexibility index (Phi) is 5.01. The maximum Gasteiger partial charge on any atom is 0.303 e. The molecular weight excluding hydrogens is 352 g/mol. The highest BCUT2D eigenvalue weighted by Crippen LogP contribution is 2.67. The lowest BCUT2D eigenvalue weighted by Gasteiger charge is -2.61. The molecule has 0 spiro atoms. The van der Waals surface area contributed by atoms with Crippen molar-refractivity contribution in [2.24, 2.45) is 40.4 Å². The molecule has 4 heteroatoms. The van der Waals surface area contributed by atoms with Crippen molar-refractivity contribution < 1.29 is 19.8 Å². The first-order valence-electron chi connectivity index (χ1n) is 11.3. The van der Waals surface area contributed by atoms with E-state index in [4.69, 9.17) is 5.11 Å². The molecule has 0 aromatic heterocycles. The summed E-state index contributed by atoms with van der Waals surface area (Å²) in [7, 11) is 0. The Labute approximate surface area is 168 Å². The largest absolute Gasteiger partial charge is 0.481 e. The van der Waals surface area contributed by atoms with Crippen LogP contribution in [0.15, 0.2) is 12.2 Å². The monoisotopic (exact) mass is 388 g/mol. The number of aliphatic hydroxyl groups excluding tert-OH is 1. The molecule has 2 N–H and O–H groups in total. The zero-order valence-corrected chi connectivity index (χ0v) is 17.5. The van der Waals surface area contributed by atoms with Gasteiger partial charge in [0, 0.05) is 24.7 Å². The molecule has 0 radical (unpaired) electrons. The smallest absolute Gasteiger partial charge is 0.303 e. The molecular formula is C24H36O4. The van der Waals surface area contributed by atoms with Gasteiger partial charge in [0.15, 0.2) is 0 Å². The third kappa shape index (κ3) is 2.98. The van der Waals surface area contributed by atoms with Gasteiger partial charge in [0.2, 0.25) is 0 Å². The number of carboxylic acids is 1. The second-order valence-corrected chi connectivity index (χ2v) is 10.8. The molecule has 4 aliphatic carbocycles. The SMILES string of the molecule is C=C1CCC2(C)C(C1)CC(=O)C1C3CCC(CCCC(=O)O)C3(C)CC(O)C12. The molecule has 156 valence electrons. The number of ketones is 1. The van der Waals surface area contributed by atoms with E-state index in [0.717, 1.165) is 44.9 Å². The Balaban J connectivity index is 1.60. The van der Waals surface area contributed by atoms with Crippen molar-refractivity contribution in [2.45, 2.75) is 84.2 Å². The number of carboxylic acid groups (broad SMARTS) is 1. The zero-order valence-electron chi connectivity index (χ0n) is 17.5. The van der Waals surface area contributed by atoms with E-state index in [9.17, 15) is 14.7 Å². The number of aliphatic carboxylic acids is 1. The molecule has 0 saturated heterocycles. The van der Waals surface area contributed by atoms with E-state index >= 15 is 0 Å². The molecule has 0 amide bonds. The fourth-order valence-electron chi connectivity index (χ4n) is 8.02. The Morgan fingerprint density at radius 1 is 1.21 bits per heavy atom. The first-order valence-corrected chi connectivity index (χ1v) is 11.3. The van der Waals surface area contributed by atoms with Crippen LogP contribution in [-0.4, -0.2) is 28.1 Å². The third-order valence-electron chi connectivity index (χ3n) is 9.50.